The van der Waals surface area contributed by atoms with E-state index in [1.807, 2.05) is 36.4 Å². The highest BCUT2D eigenvalue weighted by molar-refractivity contribution is 5.97. The average molecular weight is 475 g/mol. The van der Waals surface area contributed by atoms with Gasteiger partial charge < -0.3 is 14.2 Å². The van der Waals surface area contributed by atoms with Crippen molar-refractivity contribution in [2.24, 2.45) is 0 Å². The summed E-state index contributed by atoms with van der Waals surface area (Å²) in [6, 6.07) is 14.4. The standard InChI is InChI=1S/C27H30N4O4/c1-3-22(17-21-5-4-6-24(18-21)31(33)34)27(32)29-14-11-23(12-15-29)26-28-13-16-30(26)19-20-7-9-25(35-2)10-8-20/h4-10,13,16-18,23H,3,11-12,14-15,19H2,1-2H3. The van der Waals surface area contributed by atoms with Crippen LogP contribution in [-0.2, 0) is 11.3 Å². The van der Waals surface area contributed by atoms with Crippen molar-refractivity contribution >= 4 is 17.7 Å². The zero-order valence-electron chi connectivity index (χ0n) is 20.1. The van der Waals surface area contributed by atoms with E-state index in [-0.39, 0.29) is 17.5 Å². The molecule has 4 rings (SSSR count). The summed E-state index contributed by atoms with van der Waals surface area (Å²) in [5, 5.41) is 11.1. The van der Waals surface area contributed by atoms with Crippen LogP contribution in [0.2, 0.25) is 0 Å². The largest absolute Gasteiger partial charge is 0.497 e. The number of amides is 1. The molecule has 182 valence electrons. The van der Waals surface area contributed by atoms with Crippen LogP contribution in [0.4, 0.5) is 5.69 Å². The molecule has 1 aromatic heterocycles. The Morgan fingerprint density at radius 3 is 2.60 bits per heavy atom. The van der Waals surface area contributed by atoms with Crippen molar-refractivity contribution in [3.05, 3.63) is 93.6 Å². The number of ether oxygens (including phenoxy) is 1. The van der Waals surface area contributed by atoms with Gasteiger partial charge in [-0.25, -0.2) is 4.98 Å². The highest BCUT2D eigenvalue weighted by atomic mass is 16.6. The fourth-order valence-corrected chi connectivity index (χ4v) is 4.53. The smallest absolute Gasteiger partial charge is 0.270 e. The summed E-state index contributed by atoms with van der Waals surface area (Å²) in [5.41, 5.74) is 2.52. The number of hydrogen-bond acceptors (Lipinski definition) is 5. The Morgan fingerprint density at radius 1 is 1.20 bits per heavy atom. The Morgan fingerprint density at radius 2 is 1.94 bits per heavy atom. The van der Waals surface area contributed by atoms with E-state index in [9.17, 15) is 14.9 Å². The van der Waals surface area contributed by atoms with Crippen LogP contribution in [0.5, 0.6) is 5.75 Å². The van der Waals surface area contributed by atoms with Gasteiger partial charge in [0, 0.05) is 55.7 Å². The van der Waals surface area contributed by atoms with E-state index < -0.39 is 4.92 Å². The van der Waals surface area contributed by atoms with Gasteiger partial charge in [-0.1, -0.05) is 31.2 Å². The van der Waals surface area contributed by atoms with Crippen molar-refractivity contribution in [2.75, 3.05) is 20.2 Å². The van der Waals surface area contributed by atoms with Crippen molar-refractivity contribution < 1.29 is 14.5 Å². The monoisotopic (exact) mass is 474 g/mol. The van der Waals surface area contributed by atoms with E-state index >= 15 is 0 Å². The zero-order chi connectivity index (χ0) is 24.8. The molecule has 0 unspecified atom stereocenters. The Labute approximate surface area is 205 Å². The van der Waals surface area contributed by atoms with E-state index in [0.29, 0.717) is 30.6 Å². The van der Waals surface area contributed by atoms with Gasteiger partial charge in [-0.05, 0) is 48.6 Å². The minimum absolute atomic E-state index is 0.000897. The predicted molar refractivity (Wildman–Crippen MR) is 134 cm³/mol. The van der Waals surface area contributed by atoms with Crippen LogP contribution in [0.15, 0.2) is 66.5 Å². The predicted octanol–water partition coefficient (Wildman–Crippen LogP) is 5.05. The molecule has 0 atom stereocenters. The van der Waals surface area contributed by atoms with Gasteiger partial charge in [-0.15, -0.1) is 0 Å². The summed E-state index contributed by atoms with van der Waals surface area (Å²) < 4.78 is 7.43. The SMILES string of the molecule is CCC(=Cc1cccc([N+](=O)[O-])c1)C(=O)N1CCC(c2nccn2Cc2ccc(OC)cc2)CC1. The van der Waals surface area contributed by atoms with Crippen LogP contribution in [-0.4, -0.2) is 45.5 Å². The Kier molecular flexibility index (Phi) is 7.60. The molecule has 0 radical (unpaired) electrons. The number of aromatic nitrogens is 2. The number of rotatable bonds is 8. The number of benzene rings is 2. The number of piperidine rings is 1. The van der Waals surface area contributed by atoms with Gasteiger partial charge in [0.2, 0.25) is 5.91 Å². The van der Waals surface area contributed by atoms with Crippen LogP contribution >= 0.6 is 0 Å². The van der Waals surface area contributed by atoms with Gasteiger partial charge in [-0.3, -0.25) is 14.9 Å². The number of likely N-dealkylation sites (tertiary alicyclic amines) is 1. The first-order valence-electron chi connectivity index (χ1n) is 11.9. The zero-order valence-corrected chi connectivity index (χ0v) is 20.1. The Bertz CT molecular complexity index is 1210. The molecule has 35 heavy (non-hydrogen) atoms. The fraction of sp³-hybridized carbons (Fsp3) is 0.333. The van der Waals surface area contributed by atoms with Gasteiger partial charge in [0.1, 0.15) is 11.6 Å². The number of methoxy groups -OCH3 is 1. The van der Waals surface area contributed by atoms with E-state index in [1.54, 1.807) is 25.3 Å². The number of nitro benzene ring substituents is 1. The Hall–Kier alpha value is -3.94. The van der Waals surface area contributed by atoms with E-state index in [4.69, 9.17) is 4.74 Å². The minimum atomic E-state index is -0.423. The second-order valence-corrected chi connectivity index (χ2v) is 8.70. The lowest BCUT2D eigenvalue weighted by molar-refractivity contribution is -0.384. The number of carbonyl (C=O) groups excluding carboxylic acids is 1. The van der Waals surface area contributed by atoms with Gasteiger partial charge >= 0.3 is 0 Å². The lowest BCUT2D eigenvalue weighted by atomic mass is 9.95. The molecule has 0 aliphatic carbocycles. The van der Waals surface area contributed by atoms with Gasteiger partial charge in [-0.2, -0.15) is 0 Å². The second-order valence-electron chi connectivity index (χ2n) is 8.70. The van der Waals surface area contributed by atoms with Gasteiger partial charge in [0.25, 0.3) is 5.69 Å². The maximum absolute atomic E-state index is 13.2. The third-order valence-electron chi connectivity index (χ3n) is 6.48. The van der Waals surface area contributed by atoms with Crippen LogP contribution < -0.4 is 4.74 Å². The molecule has 1 aliphatic rings. The summed E-state index contributed by atoms with van der Waals surface area (Å²) in [7, 11) is 1.66. The molecular weight excluding hydrogens is 444 g/mol. The van der Waals surface area contributed by atoms with Crippen molar-refractivity contribution in [1.29, 1.82) is 0 Å². The molecular formula is C27H30N4O4. The number of hydrogen-bond donors (Lipinski definition) is 0. The molecule has 0 bridgehead atoms. The highest BCUT2D eigenvalue weighted by Crippen LogP contribution is 2.29. The maximum atomic E-state index is 13.2. The first-order valence-corrected chi connectivity index (χ1v) is 11.9. The molecule has 0 spiro atoms. The molecule has 2 heterocycles. The summed E-state index contributed by atoms with van der Waals surface area (Å²) in [6.07, 6.45) is 7.87. The summed E-state index contributed by atoms with van der Waals surface area (Å²) in [6.45, 7) is 3.99. The average Bonchev–Trinajstić information content (AvgIpc) is 3.35. The molecule has 0 N–H and O–H groups in total. The first kappa shape index (κ1) is 24.2. The number of carbonyl (C=O) groups is 1. The molecule has 1 fully saturated rings. The number of nitro groups is 1. The summed E-state index contributed by atoms with van der Waals surface area (Å²) in [4.78, 5) is 30.4. The van der Waals surface area contributed by atoms with E-state index in [0.717, 1.165) is 31.0 Å². The molecule has 1 aliphatic heterocycles. The molecule has 8 nitrogen and oxygen atoms in total. The normalized spacial score (nSPS) is 14.7. The molecule has 2 aromatic carbocycles. The molecule has 1 saturated heterocycles. The summed E-state index contributed by atoms with van der Waals surface area (Å²) >= 11 is 0. The Balaban J connectivity index is 1.40. The summed E-state index contributed by atoms with van der Waals surface area (Å²) in [5.74, 6) is 2.18. The van der Waals surface area contributed by atoms with E-state index in [1.165, 1.54) is 17.7 Å². The van der Waals surface area contributed by atoms with Gasteiger partial charge in [0.15, 0.2) is 0 Å². The molecule has 0 saturated carbocycles. The van der Waals surface area contributed by atoms with Crippen molar-refractivity contribution in [1.82, 2.24) is 14.5 Å². The van der Waals surface area contributed by atoms with Crippen LogP contribution in [0, 0.1) is 10.1 Å². The highest BCUT2D eigenvalue weighted by Gasteiger charge is 2.27. The fourth-order valence-electron chi connectivity index (χ4n) is 4.53. The quantitative estimate of drug-likeness (QED) is 0.259. The molecule has 1 amide bonds. The maximum Gasteiger partial charge on any atom is 0.270 e. The van der Waals surface area contributed by atoms with E-state index in [2.05, 4.69) is 21.7 Å². The van der Waals surface area contributed by atoms with Crippen molar-refractivity contribution in [3.63, 3.8) is 0 Å². The first-order chi connectivity index (χ1) is 17.0. The lowest BCUT2D eigenvalue weighted by Crippen LogP contribution is -2.39. The van der Waals surface area contributed by atoms with Crippen LogP contribution in [0.25, 0.3) is 6.08 Å². The van der Waals surface area contributed by atoms with Gasteiger partial charge in [0.05, 0.1) is 12.0 Å². The number of non-ortho nitro benzene ring substituents is 1. The third kappa shape index (κ3) is 5.77. The third-order valence-corrected chi connectivity index (χ3v) is 6.48. The minimum Gasteiger partial charge on any atom is -0.497 e. The van der Waals surface area contributed by atoms with Crippen molar-refractivity contribution in [2.45, 2.75) is 38.6 Å². The van der Waals surface area contributed by atoms with Crippen LogP contribution in [0.1, 0.15) is 49.1 Å². The number of imidazole rings is 1. The topological polar surface area (TPSA) is 90.5 Å². The van der Waals surface area contributed by atoms with Crippen molar-refractivity contribution in [3.8, 4) is 5.75 Å². The second kappa shape index (κ2) is 11.0. The lowest BCUT2D eigenvalue weighted by Gasteiger charge is -2.32. The van der Waals surface area contributed by atoms with Crippen LogP contribution in [0.3, 0.4) is 0 Å². The molecule has 3 aromatic rings. The molecule has 8 heteroatoms. The number of nitrogens with zero attached hydrogens (tertiary/aromatic N) is 4.